The van der Waals surface area contributed by atoms with Crippen molar-refractivity contribution in [3.8, 4) is 0 Å². The zero-order valence-corrected chi connectivity index (χ0v) is 18.9. The van der Waals surface area contributed by atoms with E-state index in [9.17, 15) is 8.42 Å². The molecule has 0 saturated heterocycles. The van der Waals surface area contributed by atoms with Crippen LogP contribution < -0.4 is 4.72 Å². The van der Waals surface area contributed by atoms with Gasteiger partial charge in [0.25, 0.3) is 0 Å². The largest absolute Gasteiger partial charge is 0.359 e. The van der Waals surface area contributed by atoms with E-state index in [4.69, 9.17) is 11.6 Å². The monoisotopic (exact) mass is 446 g/mol. The third-order valence-electron chi connectivity index (χ3n) is 5.71. The van der Waals surface area contributed by atoms with Gasteiger partial charge in [-0.15, -0.1) is 11.3 Å². The third-order valence-corrected chi connectivity index (χ3v) is 7.94. The number of aromatic nitrogens is 1. The Kier molecular flexibility index (Phi) is 5.13. The molecule has 0 fully saturated rings. The first-order valence-corrected chi connectivity index (χ1v) is 12.6. The maximum atomic E-state index is 11.8. The highest BCUT2D eigenvalue weighted by molar-refractivity contribution is 7.92. The molecule has 0 aliphatic carbocycles. The van der Waals surface area contributed by atoms with E-state index in [1.807, 2.05) is 24.4 Å². The van der Waals surface area contributed by atoms with Crippen molar-refractivity contribution < 1.29 is 8.42 Å². The lowest BCUT2D eigenvalue weighted by Crippen LogP contribution is -2.24. The Labute approximate surface area is 180 Å². The standard InChI is InChI=1S/C22H23ClN2O2S2/c1-4-22(5-2,20-12-15-17(23)9-7-11-19(15)28-20)16-13-24-21-14(16)8-6-10-18(21)25-29(3,26)27/h6-13,24-25H,4-5H2,1-3H3. The Balaban J connectivity index is 1.94. The van der Waals surface area contributed by atoms with Crippen molar-refractivity contribution in [2.75, 3.05) is 11.0 Å². The molecular weight excluding hydrogens is 424 g/mol. The molecule has 2 aromatic carbocycles. The van der Waals surface area contributed by atoms with Crippen LogP contribution in [0.15, 0.2) is 48.7 Å². The Hall–Kier alpha value is -2.02. The van der Waals surface area contributed by atoms with Crippen molar-refractivity contribution in [2.45, 2.75) is 32.1 Å². The molecule has 0 radical (unpaired) electrons. The SMILES string of the molecule is CCC(CC)(c1cc2c(Cl)cccc2s1)c1c[nH]c2c(NS(C)(=O)=O)cccc12. The summed E-state index contributed by atoms with van der Waals surface area (Å²) in [5, 5.41) is 2.88. The lowest BCUT2D eigenvalue weighted by atomic mass is 9.74. The predicted molar refractivity (Wildman–Crippen MR) is 125 cm³/mol. The molecule has 0 aliphatic heterocycles. The molecule has 0 unspecified atom stereocenters. The molecule has 0 atom stereocenters. The van der Waals surface area contributed by atoms with Crippen LogP contribution in [-0.2, 0) is 15.4 Å². The van der Waals surface area contributed by atoms with E-state index < -0.39 is 10.0 Å². The van der Waals surface area contributed by atoms with Crippen LogP contribution >= 0.6 is 22.9 Å². The number of hydrogen-bond donors (Lipinski definition) is 2. The number of H-pyrrole nitrogens is 1. The van der Waals surface area contributed by atoms with Crippen LogP contribution in [0.4, 0.5) is 5.69 Å². The molecule has 152 valence electrons. The van der Waals surface area contributed by atoms with Crippen molar-refractivity contribution in [3.63, 3.8) is 0 Å². The second-order valence-electron chi connectivity index (χ2n) is 7.36. The van der Waals surface area contributed by atoms with E-state index in [0.717, 1.165) is 34.2 Å². The molecule has 0 amide bonds. The molecule has 7 heteroatoms. The number of anilines is 1. The van der Waals surface area contributed by atoms with E-state index >= 15 is 0 Å². The summed E-state index contributed by atoms with van der Waals surface area (Å²) in [6.07, 6.45) is 5.03. The van der Waals surface area contributed by atoms with Gasteiger partial charge in [0.1, 0.15) is 0 Å². The summed E-state index contributed by atoms with van der Waals surface area (Å²) in [4.78, 5) is 4.59. The van der Waals surface area contributed by atoms with E-state index in [0.29, 0.717) is 5.69 Å². The zero-order valence-electron chi connectivity index (χ0n) is 16.5. The molecule has 0 aliphatic rings. The first-order chi connectivity index (χ1) is 13.8. The number of para-hydroxylation sites is 1. The van der Waals surface area contributed by atoms with Crippen molar-refractivity contribution >= 4 is 59.6 Å². The number of benzene rings is 2. The number of hydrogen-bond acceptors (Lipinski definition) is 3. The smallest absolute Gasteiger partial charge is 0.229 e. The number of rotatable bonds is 6. The summed E-state index contributed by atoms with van der Waals surface area (Å²) in [5.74, 6) is 0. The van der Waals surface area contributed by atoms with Crippen molar-refractivity contribution in [1.82, 2.24) is 4.98 Å². The number of halogens is 1. The zero-order chi connectivity index (χ0) is 20.8. The van der Waals surface area contributed by atoms with E-state index in [1.165, 1.54) is 21.4 Å². The molecule has 4 nitrogen and oxygen atoms in total. The molecule has 2 aromatic heterocycles. The summed E-state index contributed by atoms with van der Waals surface area (Å²) in [5.41, 5.74) is 2.36. The molecule has 0 saturated carbocycles. The summed E-state index contributed by atoms with van der Waals surface area (Å²) in [6.45, 7) is 4.40. The van der Waals surface area contributed by atoms with Gasteiger partial charge in [-0.2, -0.15) is 0 Å². The molecule has 4 rings (SSSR count). The van der Waals surface area contributed by atoms with Gasteiger partial charge in [0.05, 0.1) is 17.5 Å². The fraction of sp³-hybridized carbons (Fsp3) is 0.273. The van der Waals surface area contributed by atoms with Gasteiger partial charge >= 0.3 is 0 Å². The van der Waals surface area contributed by atoms with Crippen LogP contribution in [0.3, 0.4) is 0 Å². The van der Waals surface area contributed by atoms with Crippen LogP contribution in [-0.4, -0.2) is 19.7 Å². The summed E-state index contributed by atoms with van der Waals surface area (Å²) in [7, 11) is -3.36. The number of sulfonamides is 1. The quantitative estimate of drug-likeness (QED) is 0.354. The summed E-state index contributed by atoms with van der Waals surface area (Å²) in [6, 6.07) is 14.0. The summed E-state index contributed by atoms with van der Waals surface area (Å²) < 4.78 is 27.4. The highest BCUT2D eigenvalue weighted by atomic mass is 35.5. The predicted octanol–water partition coefficient (Wildman–Crippen LogP) is 6.51. The molecule has 0 bridgehead atoms. The number of aromatic amines is 1. The minimum atomic E-state index is -3.36. The fourth-order valence-corrected chi connectivity index (χ4v) is 6.50. The minimum Gasteiger partial charge on any atom is -0.359 e. The van der Waals surface area contributed by atoms with Crippen molar-refractivity contribution in [2.24, 2.45) is 0 Å². The molecule has 2 N–H and O–H groups in total. The van der Waals surface area contributed by atoms with Gasteiger partial charge in [0.2, 0.25) is 10.0 Å². The highest BCUT2D eigenvalue weighted by Gasteiger charge is 2.35. The van der Waals surface area contributed by atoms with Gasteiger partial charge in [-0.3, -0.25) is 4.72 Å². The Morgan fingerprint density at radius 1 is 1.10 bits per heavy atom. The number of fused-ring (bicyclic) bond motifs is 2. The van der Waals surface area contributed by atoms with Crippen molar-refractivity contribution in [3.05, 3.63) is 64.1 Å². The van der Waals surface area contributed by atoms with Crippen LogP contribution in [0.25, 0.3) is 21.0 Å². The fourth-order valence-electron chi connectivity index (χ4n) is 4.21. The first-order valence-electron chi connectivity index (χ1n) is 9.56. The Bertz CT molecular complexity index is 1300. The van der Waals surface area contributed by atoms with Gasteiger partial charge in [-0.25, -0.2) is 8.42 Å². The van der Waals surface area contributed by atoms with Crippen molar-refractivity contribution in [1.29, 1.82) is 0 Å². The first kappa shape index (κ1) is 20.3. The lowest BCUT2D eigenvalue weighted by molar-refractivity contribution is 0.492. The Morgan fingerprint density at radius 2 is 1.83 bits per heavy atom. The topological polar surface area (TPSA) is 62.0 Å². The minimum absolute atomic E-state index is 0.186. The molecule has 4 aromatic rings. The normalized spacial score (nSPS) is 12.7. The third kappa shape index (κ3) is 3.43. The number of nitrogens with one attached hydrogen (secondary N) is 2. The van der Waals surface area contributed by atoms with Gasteiger partial charge in [0.15, 0.2) is 0 Å². The molecular formula is C22H23ClN2O2S2. The van der Waals surface area contributed by atoms with Crippen LogP contribution in [0.2, 0.25) is 5.02 Å². The maximum Gasteiger partial charge on any atom is 0.229 e. The lowest BCUT2D eigenvalue weighted by Gasteiger charge is -2.31. The van der Waals surface area contributed by atoms with Gasteiger partial charge < -0.3 is 4.98 Å². The maximum absolute atomic E-state index is 11.8. The van der Waals surface area contributed by atoms with Crippen LogP contribution in [0.1, 0.15) is 37.1 Å². The Morgan fingerprint density at radius 3 is 2.48 bits per heavy atom. The molecule has 0 spiro atoms. The average Bonchev–Trinajstić information content (AvgIpc) is 3.29. The highest BCUT2D eigenvalue weighted by Crippen LogP contribution is 2.47. The van der Waals surface area contributed by atoms with Crippen LogP contribution in [0, 0.1) is 0 Å². The molecule has 2 heterocycles. The average molecular weight is 447 g/mol. The van der Waals surface area contributed by atoms with Gasteiger partial charge in [-0.1, -0.05) is 43.6 Å². The van der Waals surface area contributed by atoms with E-state index in [-0.39, 0.29) is 5.41 Å². The second-order valence-corrected chi connectivity index (χ2v) is 10.6. The second kappa shape index (κ2) is 7.35. The number of thiophene rings is 1. The van der Waals surface area contributed by atoms with Gasteiger partial charge in [-0.05, 0) is 42.7 Å². The van der Waals surface area contributed by atoms with E-state index in [2.05, 4.69) is 41.8 Å². The van der Waals surface area contributed by atoms with Gasteiger partial charge in [0, 0.05) is 37.0 Å². The summed E-state index contributed by atoms with van der Waals surface area (Å²) >= 11 is 8.22. The van der Waals surface area contributed by atoms with E-state index in [1.54, 1.807) is 17.4 Å². The van der Waals surface area contributed by atoms with Crippen LogP contribution in [0.5, 0.6) is 0 Å². The molecule has 29 heavy (non-hydrogen) atoms.